The van der Waals surface area contributed by atoms with Crippen molar-refractivity contribution in [2.45, 2.75) is 6.92 Å². The quantitative estimate of drug-likeness (QED) is 0.598. The van der Waals surface area contributed by atoms with E-state index in [0.717, 1.165) is 11.3 Å². The summed E-state index contributed by atoms with van der Waals surface area (Å²) in [7, 11) is 0. The van der Waals surface area contributed by atoms with Crippen LogP contribution in [0, 0.1) is 6.92 Å². The van der Waals surface area contributed by atoms with Crippen LogP contribution in [0.4, 0.5) is 11.4 Å². The smallest absolute Gasteiger partial charge is 0.337 e. The van der Waals surface area contributed by atoms with Crippen LogP contribution in [0.25, 0.3) is 12.2 Å². The number of benzene rings is 3. The Bertz CT molecular complexity index is 911. The fourth-order valence-corrected chi connectivity index (χ4v) is 2.57. The monoisotopic (exact) mass is 329 g/mol. The standard InChI is InChI=1S/C22H19NO2/c1-16-6-2-3-7-18(16)13-10-17-11-14-19(15-12-17)23-21-9-5-4-8-20(21)22(24)25/h2-15,23H,1H3,(H,24,25). The molecule has 0 fully saturated rings. The minimum atomic E-state index is -0.944. The summed E-state index contributed by atoms with van der Waals surface area (Å²) >= 11 is 0. The summed E-state index contributed by atoms with van der Waals surface area (Å²) in [5.74, 6) is -0.944. The van der Waals surface area contributed by atoms with Crippen LogP contribution in [0.15, 0.2) is 72.8 Å². The first-order chi connectivity index (χ1) is 12.1. The number of hydrogen-bond donors (Lipinski definition) is 2. The van der Waals surface area contributed by atoms with Crippen molar-refractivity contribution in [2.24, 2.45) is 0 Å². The van der Waals surface area contributed by atoms with Crippen LogP contribution in [0.5, 0.6) is 0 Å². The van der Waals surface area contributed by atoms with E-state index in [1.165, 1.54) is 11.1 Å². The van der Waals surface area contributed by atoms with E-state index in [1.54, 1.807) is 18.2 Å². The SMILES string of the molecule is Cc1ccccc1C=Cc1ccc(Nc2ccccc2C(=O)O)cc1. The molecule has 0 aliphatic heterocycles. The lowest BCUT2D eigenvalue weighted by Gasteiger charge is -2.09. The molecule has 0 aliphatic rings. The van der Waals surface area contributed by atoms with Crippen molar-refractivity contribution in [1.82, 2.24) is 0 Å². The number of aryl methyl sites for hydroxylation is 1. The van der Waals surface area contributed by atoms with Crippen LogP contribution in [0.2, 0.25) is 0 Å². The number of para-hydroxylation sites is 1. The minimum Gasteiger partial charge on any atom is -0.478 e. The Morgan fingerprint density at radius 3 is 2.28 bits per heavy atom. The highest BCUT2D eigenvalue weighted by atomic mass is 16.4. The lowest BCUT2D eigenvalue weighted by atomic mass is 10.1. The van der Waals surface area contributed by atoms with Crippen molar-refractivity contribution in [3.63, 3.8) is 0 Å². The molecule has 0 heterocycles. The van der Waals surface area contributed by atoms with Crippen LogP contribution in [-0.2, 0) is 0 Å². The Morgan fingerprint density at radius 2 is 1.56 bits per heavy atom. The largest absolute Gasteiger partial charge is 0.478 e. The highest BCUT2D eigenvalue weighted by molar-refractivity contribution is 5.95. The molecule has 0 saturated heterocycles. The molecule has 124 valence electrons. The van der Waals surface area contributed by atoms with Crippen LogP contribution in [-0.4, -0.2) is 11.1 Å². The molecular formula is C22H19NO2. The number of rotatable bonds is 5. The lowest BCUT2D eigenvalue weighted by molar-refractivity contribution is 0.0698. The Hall–Kier alpha value is -3.33. The zero-order valence-corrected chi connectivity index (χ0v) is 13.9. The van der Waals surface area contributed by atoms with Gasteiger partial charge < -0.3 is 10.4 Å². The van der Waals surface area contributed by atoms with Crippen molar-refractivity contribution in [1.29, 1.82) is 0 Å². The normalized spacial score (nSPS) is 10.8. The van der Waals surface area contributed by atoms with Gasteiger partial charge in [0.15, 0.2) is 0 Å². The molecule has 0 bridgehead atoms. The molecule has 3 nitrogen and oxygen atoms in total. The van der Waals surface area contributed by atoms with Crippen molar-refractivity contribution in [3.05, 3.63) is 95.1 Å². The summed E-state index contributed by atoms with van der Waals surface area (Å²) < 4.78 is 0. The summed E-state index contributed by atoms with van der Waals surface area (Å²) in [6.45, 7) is 2.09. The number of anilines is 2. The summed E-state index contributed by atoms with van der Waals surface area (Å²) in [4.78, 5) is 11.3. The zero-order valence-electron chi connectivity index (χ0n) is 13.9. The molecule has 0 spiro atoms. The van der Waals surface area contributed by atoms with Gasteiger partial charge in [0.1, 0.15) is 0 Å². The number of nitrogens with one attached hydrogen (secondary N) is 1. The first-order valence-electron chi connectivity index (χ1n) is 8.06. The summed E-state index contributed by atoms with van der Waals surface area (Å²) in [6, 6.07) is 23.0. The molecule has 0 atom stereocenters. The highest BCUT2D eigenvalue weighted by Crippen LogP contribution is 2.22. The third kappa shape index (κ3) is 4.15. The topological polar surface area (TPSA) is 49.3 Å². The van der Waals surface area contributed by atoms with E-state index in [-0.39, 0.29) is 5.56 Å². The Morgan fingerprint density at radius 1 is 0.880 bits per heavy atom. The molecule has 0 saturated carbocycles. The van der Waals surface area contributed by atoms with Gasteiger partial charge in [-0.15, -0.1) is 0 Å². The van der Waals surface area contributed by atoms with Crippen LogP contribution in [0.3, 0.4) is 0 Å². The average Bonchev–Trinajstić information content (AvgIpc) is 2.62. The molecule has 3 rings (SSSR count). The second-order valence-corrected chi connectivity index (χ2v) is 5.79. The van der Waals surface area contributed by atoms with Gasteiger partial charge in [0.05, 0.1) is 11.3 Å². The first kappa shape index (κ1) is 16.5. The second kappa shape index (κ2) is 7.49. The number of aromatic carboxylic acids is 1. The Labute approximate surface area is 147 Å². The molecular weight excluding hydrogens is 310 g/mol. The molecule has 25 heavy (non-hydrogen) atoms. The van der Waals surface area contributed by atoms with Gasteiger partial charge >= 0.3 is 5.97 Å². The first-order valence-corrected chi connectivity index (χ1v) is 8.06. The molecule has 0 aromatic heterocycles. The predicted octanol–water partition coefficient (Wildman–Crippen LogP) is 5.61. The predicted molar refractivity (Wildman–Crippen MR) is 103 cm³/mol. The molecule has 2 N–H and O–H groups in total. The maximum absolute atomic E-state index is 11.3. The van der Waals surface area contributed by atoms with E-state index in [0.29, 0.717) is 5.69 Å². The van der Waals surface area contributed by atoms with Gasteiger partial charge in [-0.05, 0) is 47.9 Å². The molecule has 3 heteroatoms. The highest BCUT2D eigenvalue weighted by Gasteiger charge is 2.08. The fraction of sp³-hybridized carbons (Fsp3) is 0.0455. The van der Waals surface area contributed by atoms with Gasteiger partial charge in [-0.25, -0.2) is 4.79 Å². The second-order valence-electron chi connectivity index (χ2n) is 5.79. The molecule has 0 amide bonds. The number of carbonyl (C=O) groups is 1. The van der Waals surface area contributed by atoms with Crippen molar-refractivity contribution < 1.29 is 9.90 Å². The number of carboxylic acids is 1. The van der Waals surface area contributed by atoms with E-state index in [2.05, 4.69) is 36.5 Å². The van der Waals surface area contributed by atoms with Crippen molar-refractivity contribution in [2.75, 3.05) is 5.32 Å². The third-order valence-electron chi connectivity index (χ3n) is 3.99. The van der Waals surface area contributed by atoms with Gasteiger partial charge in [-0.2, -0.15) is 0 Å². The number of carboxylic acid groups (broad SMARTS) is 1. The molecule has 3 aromatic rings. The van der Waals surface area contributed by atoms with Crippen molar-refractivity contribution in [3.8, 4) is 0 Å². The van der Waals surface area contributed by atoms with Gasteiger partial charge in [0.2, 0.25) is 0 Å². The lowest BCUT2D eigenvalue weighted by Crippen LogP contribution is -2.02. The Kier molecular flexibility index (Phi) is 4.95. The maximum Gasteiger partial charge on any atom is 0.337 e. The minimum absolute atomic E-state index is 0.256. The van der Waals surface area contributed by atoms with E-state index in [1.807, 2.05) is 42.5 Å². The maximum atomic E-state index is 11.3. The van der Waals surface area contributed by atoms with Gasteiger partial charge in [0.25, 0.3) is 0 Å². The van der Waals surface area contributed by atoms with E-state index < -0.39 is 5.97 Å². The van der Waals surface area contributed by atoms with Crippen LogP contribution >= 0.6 is 0 Å². The summed E-state index contributed by atoms with van der Waals surface area (Å²) in [5, 5.41) is 12.4. The molecule has 0 unspecified atom stereocenters. The van der Waals surface area contributed by atoms with E-state index in [9.17, 15) is 9.90 Å². The fourth-order valence-electron chi connectivity index (χ4n) is 2.57. The van der Waals surface area contributed by atoms with E-state index in [4.69, 9.17) is 0 Å². The van der Waals surface area contributed by atoms with Gasteiger partial charge in [0, 0.05) is 5.69 Å². The van der Waals surface area contributed by atoms with Crippen LogP contribution in [0.1, 0.15) is 27.0 Å². The molecule has 0 aliphatic carbocycles. The zero-order chi connectivity index (χ0) is 17.6. The number of hydrogen-bond acceptors (Lipinski definition) is 2. The summed E-state index contributed by atoms with van der Waals surface area (Å²) in [6.07, 6.45) is 4.16. The molecule has 3 aromatic carbocycles. The van der Waals surface area contributed by atoms with E-state index >= 15 is 0 Å². The van der Waals surface area contributed by atoms with Gasteiger partial charge in [-0.3, -0.25) is 0 Å². The summed E-state index contributed by atoms with van der Waals surface area (Å²) in [5.41, 5.74) is 5.20. The average molecular weight is 329 g/mol. The van der Waals surface area contributed by atoms with Crippen LogP contribution < -0.4 is 5.32 Å². The Balaban J connectivity index is 1.75. The van der Waals surface area contributed by atoms with Gasteiger partial charge in [-0.1, -0.05) is 60.7 Å². The van der Waals surface area contributed by atoms with Crippen molar-refractivity contribution >= 4 is 29.5 Å². The third-order valence-corrected chi connectivity index (χ3v) is 3.99. The molecule has 0 radical (unpaired) electrons.